The molecule has 7 nitrogen and oxygen atoms in total. The third-order valence-corrected chi connectivity index (χ3v) is 3.36. The van der Waals surface area contributed by atoms with Crippen molar-refractivity contribution in [3.05, 3.63) is 35.7 Å². The zero-order valence-electron chi connectivity index (χ0n) is 10.5. The van der Waals surface area contributed by atoms with Crippen LogP contribution in [0.25, 0.3) is 0 Å². The normalized spacial score (nSPS) is 14.2. The minimum absolute atomic E-state index is 0.210. The smallest absolute Gasteiger partial charge is 0.340 e. The van der Waals surface area contributed by atoms with Gasteiger partial charge < -0.3 is 20.3 Å². The molecule has 104 valence electrons. The number of nitrogen functional groups attached to an aromatic ring is 1. The van der Waals surface area contributed by atoms with E-state index < -0.39 is 11.8 Å². The molecular weight excluding hydrogens is 265 g/mol. The average molecular weight is 277 g/mol. The highest BCUT2D eigenvalue weighted by atomic mass is 19.1. The number of nitrogens with two attached hydrogens (primary N) is 1. The van der Waals surface area contributed by atoms with Crippen LogP contribution in [0.1, 0.15) is 16.2 Å². The first-order valence-corrected chi connectivity index (χ1v) is 6.01. The molecule has 0 amide bonds. The molecule has 3 N–H and O–H groups in total. The molecule has 8 heteroatoms. The highest BCUT2D eigenvalue weighted by Crippen LogP contribution is 2.30. The third kappa shape index (κ3) is 1.85. The molecule has 1 aliphatic rings. The second-order valence-corrected chi connectivity index (χ2v) is 4.52. The lowest BCUT2D eigenvalue weighted by Crippen LogP contribution is -2.34. The Hall–Kier alpha value is -2.64. The molecular formula is C12H12FN5O2. The fourth-order valence-electron chi connectivity index (χ4n) is 2.34. The molecule has 0 radical (unpaired) electrons. The van der Waals surface area contributed by atoms with Crippen molar-refractivity contribution in [1.82, 2.24) is 14.8 Å². The number of rotatable bonds is 2. The summed E-state index contributed by atoms with van der Waals surface area (Å²) in [5.41, 5.74) is 5.39. The first-order valence-electron chi connectivity index (χ1n) is 6.01. The van der Waals surface area contributed by atoms with Gasteiger partial charge in [0.15, 0.2) is 5.82 Å². The minimum atomic E-state index is -1.25. The number of aromatic carboxylic acids is 1. The molecule has 0 unspecified atom stereocenters. The predicted octanol–water partition coefficient (Wildman–Crippen LogP) is 0.718. The van der Waals surface area contributed by atoms with Gasteiger partial charge in [0.05, 0.1) is 17.9 Å². The van der Waals surface area contributed by atoms with E-state index in [0.29, 0.717) is 25.3 Å². The average Bonchev–Trinajstić information content (AvgIpc) is 2.88. The maximum absolute atomic E-state index is 13.4. The van der Waals surface area contributed by atoms with E-state index in [-0.39, 0.29) is 11.3 Å². The molecule has 0 bridgehead atoms. The zero-order valence-corrected chi connectivity index (χ0v) is 10.5. The Kier molecular flexibility index (Phi) is 2.78. The number of carboxylic acids is 1. The molecule has 20 heavy (non-hydrogen) atoms. The van der Waals surface area contributed by atoms with E-state index in [1.165, 1.54) is 12.1 Å². The Morgan fingerprint density at radius 1 is 1.40 bits per heavy atom. The standard InChI is InChI=1S/C12H12FN5O2/c13-7-1-2-8(10(11(7)14)12(19)20)17-3-4-18-6-15-16-9(18)5-17/h1-2,6H,3-5,14H2,(H,19,20). The van der Waals surface area contributed by atoms with E-state index in [9.17, 15) is 14.3 Å². The van der Waals surface area contributed by atoms with E-state index in [1.807, 2.05) is 9.47 Å². The quantitative estimate of drug-likeness (QED) is 0.785. The van der Waals surface area contributed by atoms with Gasteiger partial charge in [-0.15, -0.1) is 10.2 Å². The number of carbonyl (C=O) groups is 1. The van der Waals surface area contributed by atoms with Gasteiger partial charge in [-0.3, -0.25) is 0 Å². The number of aromatic nitrogens is 3. The van der Waals surface area contributed by atoms with E-state index in [0.717, 1.165) is 5.82 Å². The van der Waals surface area contributed by atoms with Gasteiger partial charge >= 0.3 is 5.97 Å². The Bertz CT molecular complexity index is 684. The van der Waals surface area contributed by atoms with Gasteiger partial charge in [-0.05, 0) is 12.1 Å². The summed E-state index contributed by atoms with van der Waals surface area (Å²) < 4.78 is 15.3. The van der Waals surface area contributed by atoms with Crippen LogP contribution in [-0.4, -0.2) is 32.4 Å². The molecule has 3 rings (SSSR count). The molecule has 0 atom stereocenters. The van der Waals surface area contributed by atoms with Crippen LogP contribution in [0.2, 0.25) is 0 Å². The number of halogens is 1. The molecule has 0 saturated heterocycles. The van der Waals surface area contributed by atoms with Crippen molar-refractivity contribution < 1.29 is 14.3 Å². The lowest BCUT2D eigenvalue weighted by molar-refractivity contribution is 0.0698. The first-order chi connectivity index (χ1) is 9.58. The van der Waals surface area contributed by atoms with Gasteiger partial charge in [-0.2, -0.15) is 0 Å². The summed E-state index contributed by atoms with van der Waals surface area (Å²) in [5, 5.41) is 17.0. The maximum atomic E-state index is 13.4. The number of carboxylic acid groups (broad SMARTS) is 1. The van der Waals surface area contributed by atoms with Crippen LogP contribution in [0.5, 0.6) is 0 Å². The molecule has 1 aromatic heterocycles. The van der Waals surface area contributed by atoms with Crippen molar-refractivity contribution in [3.8, 4) is 0 Å². The van der Waals surface area contributed by atoms with E-state index in [1.54, 1.807) is 6.33 Å². The summed E-state index contributed by atoms with van der Waals surface area (Å²) in [5.74, 6) is -1.24. The van der Waals surface area contributed by atoms with Crippen LogP contribution in [-0.2, 0) is 13.1 Å². The van der Waals surface area contributed by atoms with Gasteiger partial charge in [0.1, 0.15) is 17.7 Å². The van der Waals surface area contributed by atoms with Crippen molar-refractivity contribution in [1.29, 1.82) is 0 Å². The van der Waals surface area contributed by atoms with Crippen LogP contribution >= 0.6 is 0 Å². The number of benzene rings is 1. The Labute approximate surface area is 113 Å². The van der Waals surface area contributed by atoms with E-state index >= 15 is 0 Å². The lowest BCUT2D eigenvalue weighted by Gasteiger charge is -2.30. The summed E-state index contributed by atoms with van der Waals surface area (Å²) in [6.45, 7) is 1.63. The van der Waals surface area contributed by atoms with Crippen LogP contribution in [0.4, 0.5) is 15.8 Å². The van der Waals surface area contributed by atoms with Gasteiger partial charge in [-0.25, -0.2) is 9.18 Å². The van der Waals surface area contributed by atoms with Crippen molar-refractivity contribution in [2.45, 2.75) is 13.1 Å². The number of anilines is 2. The molecule has 1 aromatic carbocycles. The summed E-state index contributed by atoms with van der Waals surface area (Å²) in [6, 6.07) is 2.61. The van der Waals surface area contributed by atoms with Crippen molar-refractivity contribution in [3.63, 3.8) is 0 Å². The second kappa shape index (κ2) is 4.48. The van der Waals surface area contributed by atoms with Gasteiger partial charge in [0.2, 0.25) is 0 Å². The Morgan fingerprint density at radius 2 is 2.20 bits per heavy atom. The SMILES string of the molecule is Nc1c(F)ccc(N2CCn3cnnc3C2)c1C(=O)O. The predicted molar refractivity (Wildman–Crippen MR) is 68.8 cm³/mol. The number of fused-ring (bicyclic) bond motifs is 1. The summed E-state index contributed by atoms with van der Waals surface area (Å²) in [4.78, 5) is 13.1. The summed E-state index contributed by atoms with van der Waals surface area (Å²) in [7, 11) is 0. The highest BCUT2D eigenvalue weighted by molar-refractivity contribution is 6.00. The molecule has 0 fully saturated rings. The molecule has 0 spiro atoms. The largest absolute Gasteiger partial charge is 0.478 e. The van der Waals surface area contributed by atoms with Crippen molar-refractivity contribution in [2.75, 3.05) is 17.2 Å². The highest BCUT2D eigenvalue weighted by Gasteiger charge is 2.25. The number of hydrogen-bond acceptors (Lipinski definition) is 5. The summed E-state index contributed by atoms with van der Waals surface area (Å²) in [6.07, 6.45) is 1.63. The molecule has 1 aliphatic heterocycles. The Morgan fingerprint density at radius 3 is 2.95 bits per heavy atom. The minimum Gasteiger partial charge on any atom is -0.478 e. The van der Waals surface area contributed by atoms with Crippen LogP contribution < -0.4 is 10.6 Å². The molecule has 0 aliphatic carbocycles. The van der Waals surface area contributed by atoms with Crippen LogP contribution in [0.3, 0.4) is 0 Å². The van der Waals surface area contributed by atoms with Gasteiger partial charge in [-0.1, -0.05) is 0 Å². The Balaban J connectivity index is 2.03. The third-order valence-electron chi connectivity index (χ3n) is 3.36. The fraction of sp³-hybridized carbons (Fsp3) is 0.250. The van der Waals surface area contributed by atoms with Crippen LogP contribution in [0, 0.1) is 5.82 Å². The van der Waals surface area contributed by atoms with E-state index in [2.05, 4.69) is 10.2 Å². The number of hydrogen-bond donors (Lipinski definition) is 2. The molecule has 0 saturated carbocycles. The number of nitrogens with zero attached hydrogens (tertiary/aromatic N) is 4. The monoisotopic (exact) mass is 277 g/mol. The van der Waals surface area contributed by atoms with Crippen LogP contribution in [0.15, 0.2) is 18.5 Å². The summed E-state index contributed by atoms with van der Waals surface area (Å²) >= 11 is 0. The topological polar surface area (TPSA) is 97.3 Å². The fourth-order valence-corrected chi connectivity index (χ4v) is 2.34. The second-order valence-electron chi connectivity index (χ2n) is 4.52. The van der Waals surface area contributed by atoms with E-state index in [4.69, 9.17) is 5.73 Å². The first kappa shape index (κ1) is 12.4. The lowest BCUT2D eigenvalue weighted by atomic mass is 10.1. The van der Waals surface area contributed by atoms with Crippen molar-refractivity contribution in [2.24, 2.45) is 0 Å². The molecule has 2 aromatic rings. The van der Waals surface area contributed by atoms with Crippen molar-refractivity contribution >= 4 is 17.3 Å². The molecule has 2 heterocycles. The van der Waals surface area contributed by atoms with Gasteiger partial charge in [0, 0.05) is 13.1 Å². The maximum Gasteiger partial charge on any atom is 0.340 e. The van der Waals surface area contributed by atoms with Gasteiger partial charge in [0.25, 0.3) is 0 Å². The zero-order chi connectivity index (χ0) is 14.3.